The normalized spacial score (nSPS) is 10.2. The van der Waals surface area contributed by atoms with E-state index in [9.17, 15) is 4.79 Å². The van der Waals surface area contributed by atoms with Crippen molar-refractivity contribution in [3.8, 4) is 5.75 Å². The van der Waals surface area contributed by atoms with E-state index in [0.29, 0.717) is 6.61 Å². The Bertz CT molecular complexity index is 359. The predicted molar refractivity (Wildman–Crippen MR) is 74.1 cm³/mol. The summed E-state index contributed by atoms with van der Waals surface area (Å²) >= 11 is 0. The number of carbonyl (C=O) groups excluding carboxylic acids is 1. The molecule has 4 heteroatoms. The van der Waals surface area contributed by atoms with Crippen LogP contribution in [0.5, 0.6) is 5.75 Å². The van der Waals surface area contributed by atoms with E-state index >= 15 is 0 Å². The average molecular weight is 250 g/mol. The third-order valence-electron chi connectivity index (χ3n) is 2.74. The van der Waals surface area contributed by atoms with Crippen LogP contribution in [0.2, 0.25) is 0 Å². The molecule has 2 amide bonds. The van der Waals surface area contributed by atoms with Gasteiger partial charge in [-0.2, -0.15) is 0 Å². The average Bonchev–Trinajstić information content (AvgIpc) is 2.38. The second-order valence-electron chi connectivity index (χ2n) is 4.07. The third-order valence-corrected chi connectivity index (χ3v) is 2.74. The fourth-order valence-corrected chi connectivity index (χ4v) is 1.65. The van der Waals surface area contributed by atoms with Gasteiger partial charge >= 0.3 is 6.03 Å². The van der Waals surface area contributed by atoms with Crippen LogP contribution in [0.1, 0.15) is 33.6 Å². The molecule has 0 aliphatic carbocycles. The predicted octanol–water partition coefficient (Wildman–Crippen LogP) is 3.40. The van der Waals surface area contributed by atoms with E-state index in [4.69, 9.17) is 4.74 Å². The van der Waals surface area contributed by atoms with Gasteiger partial charge in [-0.25, -0.2) is 4.79 Å². The largest absolute Gasteiger partial charge is 0.494 e. The van der Waals surface area contributed by atoms with Crippen LogP contribution in [0.3, 0.4) is 0 Å². The summed E-state index contributed by atoms with van der Waals surface area (Å²) in [5.41, 5.74) is 0.766. The number of rotatable bonds is 6. The number of ether oxygens (including phenoxy) is 1. The van der Waals surface area contributed by atoms with Crippen LogP contribution in [0.4, 0.5) is 10.5 Å². The summed E-state index contributed by atoms with van der Waals surface area (Å²) in [5.74, 6) is 0.809. The molecule has 0 radical (unpaired) electrons. The highest BCUT2D eigenvalue weighted by molar-refractivity contribution is 5.89. The van der Waals surface area contributed by atoms with E-state index in [1.54, 1.807) is 0 Å². The highest BCUT2D eigenvalue weighted by Gasteiger charge is 2.07. The quantitative estimate of drug-likeness (QED) is 0.813. The maximum atomic E-state index is 11.7. The molecule has 1 aromatic rings. The minimum atomic E-state index is -0.159. The van der Waals surface area contributed by atoms with Crippen molar-refractivity contribution >= 4 is 11.7 Å². The van der Waals surface area contributed by atoms with E-state index in [1.807, 2.05) is 31.2 Å². The molecule has 0 saturated heterocycles. The van der Waals surface area contributed by atoms with Gasteiger partial charge in [0, 0.05) is 11.7 Å². The lowest BCUT2D eigenvalue weighted by Gasteiger charge is -2.15. The van der Waals surface area contributed by atoms with Crippen molar-refractivity contribution < 1.29 is 9.53 Å². The lowest BCUT2D eigenvalue weighted by Crippen LogP contribution is -2.37. The van der Waals surface area contributed by atoms with Crippen molar-refractivity contribution in [2.24, 2.45) is 0 Å². The first-order valence-electron chi connectivity index (χ1n) is 6.49. The lowest BCUT2D eigenvalue weighted by atomic mass is 10.2. The van der Waals surface area contributed by atoms with Gasteiger partial charge in [0.15, 0.2) is 0 Å². The fraction of sp³-hybridized carbons (Fsp3) is 0.500. The van der Waals surface area contributed by atoms with Crippen LogP contribution >= 0.6 is 0 Å². The zero-order valence-corrected chi connectivity index (χ0v) is 11.3. The summed E-state index contributed by atoms with van der Waals surface area (Å²) in [6.07, 6.45) is 1.88. The number of hydrogen-bond acceptors (Lipinski definition) is 2. The van der Waals surface area contributed by atoms with Gasteiger partial charge in [-0.1, -0.05) is 13.8 Å². The minimum absolute atomic E-state index is 0.159. The van der Waals surface area contributed by atoms with Crippen molar-refractivity contribution in [1.82, 2.24) is 5.32 Å². The number of amides is 2. The van der Waals surface area contributed by atoms with Gasteiger partial charge < -0.3 is 15.4 Å². The third kappa shape index (κ3) is 4.65. The van der Waals surface area contributed by atoms with Gasteiger partial charge in [0.25, 0.3) is 0 Å². The maximum absolute atomic E-state index is 11.7. The molecule has 2 N–H and O–H groups in total. The van der Waals surface area contributed by atoms with Gasteiger partial charge in [-0.3, -0.25) is 0 Å². The number of benzene rings is 1. The van der Waals surface area contributed by atoms with Crippen LogP contribution in [-0.4, -0.2) is 18.7 Å². The van der Waals surface area contributed by atoms with Crippen LogP contribution in [-0.2, 0) is 0 Å². The molecule has 0 saturated carbocycles. The molecule has 18 heavy (non-hydrogen) atoms. The maximum Gasteiger partial charge on any atom is 0.319 e. The van der Waals surface area contributed by atoms with E-state index < -0.39 is 0 Å². The zero-order chi connectivity index (χ0) is 13.4. The molecule has 1 rings (SSSR count). The van der Waals surface area contributed by atoms with E-state index in [2.05, 4.69) is 24.5 Å². The zero-order valence-electron chi connectivity index (χ0n) is 11.3. The molecular formula is C14H22N2O2. The molecule has 0 unspecified atom stereocenters. The molecule has 0 fully saturated rings. The summed E-state index contributed by atoms with van der Waals surface area (Å²) in [5, 5.41) is 5.73. The molecule has 0 aromatic heterocycles. The Morgan fingerprint density at radius 1 is 1.17 bits per heavy atom. The molecule has 0 atom stereocenters. The first kappa shape index (κ1) is 14.4. The van der Waals surface area contributed by atoms with Crippen molar-refractivity contribution in [2.75, 3.05) is 11.9 Å². The number of anilines is 1. The molecule has 0 spiro atoms. The van der Waals surface area contributed by atoms with Crippen LogP contribution < -0.4 is 15.4 Å². The Kier molecular flexibility index (Phi) is 6.05. The summed E-state index contributed by atoms with van der Waals surface area (Å²) in [6.45, 7) is 6.70. The Labute approximate surface area is 109 Å². The van der Waals surface area contributed by atoms with Crippen molar-refractivity contribution in [3.05, 3.63) is 24.3 Å². The van der Waals surface area contributed by atoms with Gasteiger partial charge in [-0.05, 0) is 44.0 Å². The smallest absolute Gasteiger partial charge is 0.319 e. The number of urea groups is 1. The van der Waals surface area contributed by atoms with Crippen LogP contribution in [0, 0.1) is 0 Å². The molecule has 0 aliphatic rings. The summed E-state index contributed by atoms with van der Waals surface area (Å²) < 4.78 is 5.34. The molecule has 0 heterocycles. The van der Waals surface area contributed by atoms with Gasteiger partial charge in [0.1, 0.15) is 5.75 Å². The van der Waals surface area contributed by atoms with Crippen LogP contribution in [0.25, 0.3) is 0 Å². The Morgan fingerprint density at radius 3 is 2.28 bits per heavy atom. The molecule has 0 bridgehead atoms. The molecule has 100 valence electrons. The topological polar surface area (TPSA) is 50.4 Å². The fourth-order valence-electron chi connectivity index (χ4n) is 1.65. The monoisotopic (exact) mass is 250 g/mol. The van der Waals surface area contributed by atoms with Gasteiger partial charge in [0.05, 0.1) is 6.61 Å². The second-order valence-corrected chi connectivity index (χ2v) is 4.07. The first-order chi connectivity index (χ1) is 8.69. The first-order valence-corrected chi connectivity index (χ1v) is 6.49. The van der Waals surface area contributed by atoms with Crippen LogP contribution in [0.15, 0.2) is 24.3 Å². The van der Waals surface area contributed by atoms with Crippen molar-refractivity contribution in [1.29, 1.82) is 0 Å². The highest BCUT2D eigenvalue weighted by Crippen LogP contribution is 2.15. The van der Waals surface area contributed by atoms with Crippen molar-refractivity contribution in [3.63, 3.8) is 0 Å². The Morgan fingerprint density at radius 2 is 1.78 bits per heavy atom. The minimum Gasteiger partial charge on any atom is -0.494 e. The van der Waals surface area contributed by atoms with Gasteiger partial charge in [-0.15, -0.1) is 0 Å². The Hall–Kier alpha value is -1.71. The number of hydrogen-bond donors (Lipinski definition) is 2. The number of nitrogens with one attached hydrogen (secondary N) is 2. The van der Waals surface area contributed by atoms with E-state index in [-0.39, 0.29) is 12.1 Å². The standard InChI is InChI=1S/C14H22N2O2/c1-4-11(5-2)15-14(17)16-12-7-9-13(10-8-12)18-6-3/h7-11H,4-6H2,1-3H3,(H2,15,16,17). The molecular weight excluding hydrogens is 228 g/mol. The van der Waals surface area contributed by atoms with Crippen molar-refractivity contribution in [2.45, 2.75) is 39.7 Å². The van der Waals surface area contributed by atoms with E-state index in [1.165, 1.54) is 0 Å². The summed E-state index contributed by atoms with van der Waals surface area (Å²) in [4.78, 5) is 11.7. The highest BCUT2D eigenvalue weighted by atomic mass is 16.5. The SMILES string of the molecule is CCOc1ccc(NC(=O)NC(CC)CC)cc1. The Balaban J connectivity index is 2.48. The summed E-state index contributed by atoms with van der Waals surface area (Å²) in [6, 6.07) is 7.42. The lowest BCUT2D eigenvalue weighted by molar-refractivity contribution is 0.247. The summed E-state index contributed by atoms with van der Waals surface area (Å²) in [7, 11) is 0. The van der Waals surface area contributed by atoms with E-state index in [0.717, 1.165) is 24.3 Å². The second kappa shape index (κ2) is 7.58. The molecule has 4 nitrogen and oxygen atoms in total. The van der Waals surface area contributed by atoms with Gasteiger partial charge in [0.2, 0.25) is 0 Å². The molecule has 1 aromatic carbocycles. The number of carbonyl (C=O) groups is 1. The molecule has 0 aliphatic heterocycles.